The molecule has 0 saturated carbocycles. The molecule has 0 atom stereocenters. The first kappa shape index (κ1) is 15.9. The maximum absolute atomic E-state index is 11.8. The average Bonchev–Trinajstić information content (AvgIpc) is 2.41. The standard InChI is InChI=1S/C15H20N2O3/c1-11-4-3-5-13(10-11)15(20)17-9-8-16-14(19)7-6-12(2)18/h3-5,10H,6-9H2,1-2H3,(H,16,19)(H,17,20). The Morgan fingerprint density at radius 3 is 2.40 bits per heavy atom. The maximum Gasteiger partial charge on any atom is 0.251 e. The van der Waals surface area contributed by atoms with Crippen LogP contribution >= 0.6 is 0 Å². The van der Waals surface area contributed by atoms with Gasteiger partial charge in [-0.25, -0.2) is 0 Å². The molecule has 1 aromatic rings. The molecule has 20 heavy (non-hydrogen) atoms. The smallest absolute Gasteiger partial charge is 0.251 e. The molecule has 0 bridgehead atoms. The lowest BCUT2D eigenvalue weighted by molar-refractivity contribution is -0.124. The minimum absolute atomic E-state index is 0.00657. The molecule has 0 radical (unpaired) electrons. The predicted molar refractivity (Wildman–Crippen MR) is 76.4 cm³/mol. The highest BCUT2D eigenvalue weighted by molar-refractivity contribution is 5.94. The van der Waals surface area contributed by atoms with Crippen LogP contribution in [-0.2, 0) is 9.59 Å². The number of rotatable bonds is 7. The number of ketones is 1. The number of nitrogens with one attached hydrogen (secondary N) is 2. The normalized spacial score (nSPS) is 9.90. The van der Waals surface area contributed by atoms with Crippen LogP contribution in [0.4, 0.5) is 0 Å². The van der Waals surface area contributed by atoms with Crippen LogP contribution in [0.2, 0.25) is 0 Å². The summed E-state index contributed by atoms with van der Waals surface area (Å²) in [6.07, 6.45) is 0.447. The quantitative estimate of drug-likeness (QED) is 0.735. The van der Waals surface area contributed by atoms with Gasteiger partial charge in [-0.05, 0) is 26.0 Å². The van der Waals surface area contributed by atoms with E-state index in [-0.39, 0.29) is 30.4 Å². The number of benzene rings is 1. The van der Waals surface area contributed by atoms with Crippen molar-refractivity contribution in [2.75, 3.05) is 13.1 Å². The SMILES string of the molecule is CC(=O)CCC(=O)NCCNC(=O)c1cccc(C)c1. The van der Waals surface area contributed by atoms with Crippen molar-refractivity contribution in [2.24, 2.45) is 0 Å². The summed E-state index contributed by atoms with van der Waals surface area (Å²) in [7, 11) is 0. The van der Waals surface area contributed by atoms with E-state index in [1.54, 1.807) is 12.1 Å². The maximum atomic E-state index is 11.8. The number of Topliss-reactive ketones (excluding diaryl/α,β-unsaturated/α-hetero) is 1. The molecule has 108 valence electrons. The van der Waals surface area contributed by atoms with Gasteiger partial charge in [-0.1, -0.05) is 17.7 Å². The summed E-state index contributed by atoms with van der Waals surface area (Å²) in [5.41, 5.74) is 1.63. The Morgan fingerprint density at radius 1 is 1.05 bits per heavy atom. The molecular formula is C15H20N2O3. The van der Waals surface area contributed by atoms with Crippen LogP contribution in [0.1, 0.15) is 35.7 Å². The Bertz CT molecular complexity index is 498. The van der Waals surface area contributed by atoms with Crippen molar-refractivity contribution in [3.63, 3.8) is 0 Å². The molecule has 0 unspecified atom stereocenters. The number of hydrogen-bond donors (Lipinski definition) is 2. The Morgan fingerprint density at radius 2 is 1.75 bits per heavy atom. The van der Waals surface area contributed by atoms with Crippen LogP contribution in [0.25, 0.3) is 0 Å². The van der Waals surface area contributed by atoms with Crippen LogP contribution < -0.4 is 10.6 Å². The summed E-state index contributed by atoms with van der Waals surface area (Å²) in [5.74, 6) is -0.343. The second-order valence-corrected chi connectivity index (χ2v) is 4.68. The molecule has 1 aromatic carbocycles. The molecule has 0 spiro atoms. The second-order valence-electron chi connectivity index (χ2n) is 4.68. The van der Waals surface area contributed by atoms with Crippen molar-refractivity contribution in [3.8, 4) is 0 Å². The van der Waals surface area contributed by atoms with Gasteiger partial charge in [0.15, 0.2) is 0 Å². The lowest BCUT2D eigenvalue weighted by atomic mass is 10.1. The lowest BCUT2D eigenvalue weighted by Gasteiger charge is -2.07. The predicted octanol–water partition coefficient (Wildman–Crippen LogP) is 1.21. The Labute approximate surface area is 118 Å². The largest absolute Gasteiger partial charge is 0.354 e. The molecular weight excluding hydrogens is 256 g/mol. The first-order chi connectivity index (χ1) is 9.49. The van der Waals surface area contributed by atoms with Crippen LogP contribution in [0.3, 0.4) is 0 Å². The van der Waals surface area contributed by atoms with Crippen LogP contribution in [0, 0.1) is 6.92 Å². The van der Waals surface area contributed by atoms with Gasteiger partial charge in [0.1, 0.15) is 5.78 Å². The third kappa shape index (κ3) is 6.13. The average molecular weight is 276 g/mol. The zero-order chi connectivity index (χ0) is 15.0. The molecule has 2 amide bonds. The highest BCUT2D eigenvalue weighted by Gasteiger charge is 2.05. The second kappa shape index (κ2) is 8.09. The van der Waals surface area contributed by atoms with Crippen LogP contribution in [0.15, 0.2) is 24.3 Å². The van der Waals surface area contributed by atoms with Crippen LogP contribution in [-0.4, -0.2) is 30.7 Å². The van der Waals surface area contributed by atoms with Crippen molar-refractivity contribution in [1.29, 1.82) is 0 Å². The molecule has 1 rings (SSSR count). The van der Waals surface area contributed by atoms with Crippen molar-refractivity contribution >= 4 is 17.6 Å². The fraction of sp³-hybridized carbons (Fsp3) is 0.400. The summed E-state index contributed by atoms with van der Waals surface area (Å²) >= 11 is 0. The van der Waals surface area contributed by atoms with E-state index in [0.29, 0.717) is 18.7 Å². The number of aryl methyl sites for hydroxylation is 1. The topological polar surface area (TPSA) is 75.3 Å². The third-order valence-electron chi connectivity index (χ3n) is 2.72. The van der Waals surface area contributed by atoms with Crippen molar-refractivity contribution < 1.29 is 14.4 Å². The molecule has 0 heterocycles. The number of amides is 2. The summed E-state index contributed by atoms with van der Waals surface area (Å²) in [6.45, 7) is 4.09. The lowest BCUT2D eigenvalue weighted by Crippen LogP contribution is -2.34. The Balaban J connectivity index is 2.22. The van der Waals surface area contributed by atoms with Crippen molar-refractivity contribution in [2.45, 2.75) is 26.7 Å². The summed E-state index contributed by atoms with van der Waals surface area (Å²) < 4.78 is 0. The van der Waals surface area contributed by atoms with Crippen molar-refractivity contribution in [1.82, 2.24) is 10.6 Å². The van der Waals surface area contributed by atoms with E-state index >= 15 is 0 Å². The third-order valence-corrected chi connectivity index (χ3v) is 2.72. The number of hydrogen-bond acceptors (Lipinski definition) is 3. The molecule has 0 aromatic heterocycles. The zero-order valence-corrected chi connectivity index (χ0v) is 11.9. The van der Waals surface area contributed by atoms with E-state index < -0.39 is 0 Å². The van der Waals surface area contributed by atoms with E-state index in [1.807, 2.05) is 19.1 Å². The number of carbonyl (C=O) groups is 3. The van der Waals surface area contributed by atoms with E-state index in [0.717, 1.165) is 5.56 Å². The molecule has 2 N–H and O–H groups in total. The Kier molecular flexibility index (Phi) is 6.43. The van der Waals surface area contributed by atoms with E-state index in [4.69, 9.17) is 0 Å². The molecule has 5 heteroatoms. The summed E-state index contributed by atoms with van der Waals surface area (Å²) in [6, 6.07) is 7.30. The molecule has 5 nitrogen and oxygen atoms in total. The van der Waals surface area contributed by atoms with Gasteiger partial charge in [0.25, 0.3) is 5.91 Å². The fourth-order valence-corrected chi connectivity index (χ4v) is 1.64. The molecule has 0 aliphatic carbocycles. The van der Waals surface area contributed by atoms with Gasteiger partial charge in [-0.2, -0.15) is 0 Å². The number of carbonyl (C=O) groups excluding carboxylic acids is 3. The molecule has 0 saturated heterocycles. The van der Waals surface area contributed by atoms with Gasteiger partial charge in [0.2, 0.25) is 5.91 Å². The van der Waals surface area contributed by atoms with Crippen LogP contribution in [0.5, 0.6) is 0 Å². The minimum Gasteiger partial charge on any atom is -0.354 e. The highest BCUT2D eigenvalue weighted by atomic mass is 16.2. The monoisotopic (exact) mass is 276 g/mol. The highest BCUT2D eigenvalue weighted by Crippen LogP contribution is 2.03. The van der Waals surface area contributed by atoms with Gasteiger partial charge in [-0.15, -0.1) is 0 Å². The fourth-order valence-electron chi connectivity index (χ4n) is 1.64. The minimum atomic E-state index is -0.176. The van der Waals surface area contributed by atoms with Gasteiger partial charge in [-0.3, -0.25) is 9.59 Å². The van der Waals surface area contributed by atoms with Gasteiger partial charge in [0, 0.05) is 31.5 Å². The molecule has 0 aliphatic heterocycles. The molecule has 0 aliphatic rings. The van der Waals surface area contributed by atoms with E-state index in [2.05, 4.69) is 10.6 Å². The van der Waals surface area contributed by atoms with E-state index in [9.17, 15) is 14.4 Å². The first-order valence-corrected chi connectivity index (χ1v) is 6.60. The Hall–Kier alpha value is -2.17. The first-order valence-electron chi connectivity index (χ1n) is 6.60. The summed E-state index contributed by atoms with van der Waals surface area (Å²) in [4.78, 5) is 33.8. The van der Waals surface area contributed by atoms with Gasteiger partial charge in [0.05, 0.1) is 0 Å². The molecule has 0 fully saturated rings. The zero-order valence-electron chi connectivity index (χ0n) is 11.9. The van der Waals surface area contributed by atoms with E-state index in [1.165, 1.54) is 6.92 Å². The summed E-state index contributed by atoms with van der Waals surface area (Å²) in [5, 5.41) is 5.38. The van der Waals surface area contributed by atoms with Gasteiger partial charge >= 0.3 is 0 Å². The van der Waals surface area contributed by atoms with Gasteiger partial charge < -0.3 is 15.4 Å². The van der Waals surface area contributed by atoms with Crippen molar-refractivity contribution in [3.05, 3.63) is 35.4 Å².